The summed E-state index contributed by atoms with van der Waals surface area (Å²) < 4.78 is 5.50. The fourth-order valence-electron chi connectivity index (χ4n) is 2.27. The molecule has 14 heavy (non-hydrogen) atoms. The van der Waals surface area contributed by atoms with Crippen LogP contribution < -0.4 is 0 Å². The average molecular weight is 196 g/mol. The molecule has 2 rings (SSSR count). The Bertz CT molecular complexity index is 316. The van der Waals surface area contributed by atoms with Crippen LogP contribution in [0.2, 0.25) is 0 Å². The van der Waals surface area contributed by atoms with E-state index in [-0.39, 0.29) is 13.2 Å². The van der Waals surface area contributed by atoms with Crippen LogP contribution >= 0.6 is 0 Å². The highest BCUT2D eigenvalue weighted by molar-refractivity contribution is 5.28. The zero-order valence-corrected chi connectivity index (χ0v) is 8.36. The van der Waals surface area contributed by atoms with Crippen molar-refractivity contribution >= 4 is 0 Å². The van der Waals surface area contributed by atoms with Crippen LogP contribution in [0, 0.1) is 5.92 Å². The van der Waals surface area contributed by atoms with Gasteiger partial charge in [0.2, 0.25) is 0 Å². The lowest BCUT2D eigenvalue weighted by Gasteiger charge is -2.24. The Labute approximate surface area is 83.4 Å². The molecule has 2 unspecified atom stereocenters. The average Bonchev–Trinajstić information content (AvgIpc) is 2.61. The molecule has 0 saturated heterocycles. The minimum absolute atomic E-state index is 0.0382. The minimum atomic E-state index is -0.0382. The first-order valence-electron chi connectivity index (χ1n) is 5.07. The van der Waals surface area contributed by atoms with Gasteiger partial charge in [-0.2, -0.15) is 0 Å². The summed E-state index contributed by atoms with van der Waals surface area (Å²) in [5, 5.41) is 18.1. The summed E-state index contributed by atoms with van der Waals surface area (Å²) in [7, 11) is 0. The van der Waals surface area contributed by atoms with E-state index < -0.39 is 0 Å². The third kappa shape index (κ3) is 1.57. The number of hydrogen-bond donors (Lipinski definition) is 2. The number of rotatable bonds is 2. The van der Waals surface area contributed by atoms with E-state index in [9.17, 15) is 0 Å². The normalized spacial score (nSPS) is 26.2. The summed E-state index contributed by atoms with van der Waals surface area (Å²) >= 11 is 0. The molecule has 1 aromatic rings. The number of furan rings is 1. The monoisotopic (exact) mass is 196 g/mol. The zero-order valence-electron chi connectivity index (χ0n) is 8.36. The molecule has 3 heteroatoms. The molecule has 1 aliphatic rings. The van der Waals surface area contributed by atoms with E-state index in [1.54, 1.807) is 0 Å². The van der Waals surface area contributed by atoms with E-state index in [0.29, 0.717) is 17.6 Å². The van der Waals surface area contributed by atoms with Crippen molar-refractivity contribution in [1.29, 1.82) is 0 Å². The maximum atomic E-state index is 9.11. The highest BCUT2D eigenvalue weighted by Crippen LogP contribution is 2.36. The Morgan fingerprint density at radius 3 is 2.93 bits per heavy atom. The van der Waals surface area contributed by atoms with Gasteiger partial charge >= 0.3 is 0 Å². The van der Waals surface area contributed by atoms with E-state index in [1.165, 1.54) is 5.56 Å². The summed E-state index contributed by atoms with van der Waals surface area (Å²) in [5.74, 6) is 2.34. The molecule has 0 spiro atoms. The molecule has 0 aromatic carbocycles. The molecule has 0 radical (unpaired) electrons. The van der Waals surface area contributed by atoms with Crippen molar-refractivity contribution in [2.45, 2.75) is 32.3 Å². The highest BCUT2D eigenvalue weighted by Gasteiger charge is 2.27. The fourth-order valence-corrected chi connectivity index (χ4v) is 2.27. The molecular formula is C11H16O3. The molecule has 0 bridgehead atoms. The summed E-state index contributed by atoms with van der Waals surface area (Å²) in [6.45, 7) is 2.32. The van der Waals surface area contributed by atoms with Gasteiger partial charge in [-0.1, -0.05) is 6.92 Å². The van der Waals surface area contributed by atoms with Crippen molar-refractivity contribution in [3.63, 3.8) is 0 Å². The van der Waals surface area contributed by atoms with Crippen molar-refractivity contribution in [2.24, 2.45) is 5.92 Å². The zero-order chi connectivity index (χ0) is 10.1. The van der Waals surface area contributed by atoms with Crippen LogP contribution in [-0.2, 0) is 13.0 Å². The van der Waals surface area contributed by atoms with Crippen LogP contribution in [0.4, 0.5) is 0 Å². The Morgan fingerprint density at radius 2 is 2.29 bits per heavy atom. The summed E-state index contributed by atoms with van der Waals surface area (Å²) in [5.41, 5.74) is 1.21. The van der Waals surface area contributed by atoms with Gasteiger partial charge in [0.15, 0.2) is 0 Å². The molecule has 0 amide bonds. The van der Waals surface area contributed by atoms with E-state index in [0.717, 1.165) is 18.6 Å². The van der Waals surface area contributed by atoms with Gasteiger partial charge in [0.25, 0.3) is 0 Å². The van der Waals surface area contributed by atoms with Gasteiger partial charge in [0.1, 0.15) is 18.1 Å². The molecule has 3 nitrogen and oxygen atoms in total. The summed E-state index contributed by atoms with van der Waals surface area (Å²) in [6.07, 6.45) is 1.81. The Morgan fingerprint density at radius 1 is 1.50 bits per heavy atom. The molecule has 1 heterocycles. The van der Waals surface area contributed by atoms with Gasteiger partial charge in [0, 0.05) is 13.0 Å². The Balaban J connectivity index is 2.28. The Kier molecular flexibility index (Phi) is 2.61. The molecule has 78 valence electrons. The summed E-state index contributed by atoms with van der Waals surface area (Å²) in [4.78, 5) is 0. The molecule has 1 aromatic heterocycles. The standard InChI is InChI=1S/C11H16O3/c1-7-2-8(5-12)3-11-10(7)4-9(6-13)14-11/h4,7-8,12-13H,2-3,5-6H2,1H3. The predicted molar refractivity (Wildman–Crippen MR) is 51.9 cm³/mol. The first-order valence-corrected chi connectivity index (χ1v) is 5.07. The SMILES string of the molecule is CC1CC(CO)Cc2oc(CO)cc21. The van der Waals surface area contributed by atoms with Gasteiger partial charge in [-0.05, 0) is 29.9 Å². The topological polar surface area (TPSA) is 53.6 Å². The van der Waals surface area contributed by atoms with Crippen LogP contribution in [0.1, 0.15) is 36.3 Å². The molecule has 1 aliphatic carbocycles. The van der Waals surface area contributed by atoms with Gasteiger partial charge in [0.05, 0.1) is 0 Å². The minimum Gasteiger partial charge on any atom is -0.463 e. The second-order valence-corrected chi connectivity index (χ2v) is 4.14. The van der Waals surface area contributed by atoms with Crippen molar-refractivity contribution in [1.82, 2.24) is 0 Å². The highest BCUT2D eigenvalue weighted by atomic mass is 16.4. The van der Waals surface area contributed by atoms with Gasteiger partial charge in [-0.3, -0.25) is 0 Å². The molecule has 2 atom stereocenters. The van der Waals surface area contributed by atoms with Crippen LogP contribution in [0.3, 0.4) is 0 Å². The predicted octanol–water partition coefficient (Wildman–Crippen LogP) is 1.43. The number of aliphatic hydroxyl groups is 2. The number of hydrogen-bond acceptors (Lipinski definition) is 3. The maximum Gasteiger partial charge on any atom is 0.129 e. The summed E-state index contributed by atoms with van der Waals surface area (Å²) in [6, 6.07) is 1.94. The third-order valence-corrected chi connectivity index (χ3v) is 3.00. The van der Waals surface area contributed by atoms with Gasteiger partial charge < -0.3 is 14.6 Å². The van der Waals surface area contributed by atoms with E-state index in [2.05, 4.69) is 6.92 Å². The van der Waals surface area contributed by atoms with Crippen molar-refractivity contribution in [2.75, 3.05) is 6.61 Å². The Hall–Kier alpha value is -0.800. The quantitative estimate of drug-likeness (QED) is 0.752. The maximum absolute atomic E-state index is 9.11. The third-order valence-electron chi connectivity index (χ3n) is 3.00. The van der Waals surface area contributed by atoms with Crippen LogP contribution in [0.15, 0.2) is 10.5 Å². The second-order valence-electron chi connectivity index (χ2n) is 4.14. The lowest BCUT2D eigenvalue weighted by atomic mass is 9.82. The lowest BCUT2D eigenvalue weighted by Crippen LogP contribution is -2.18. The molecular weight excluding hydrogens is 180 g/mol. The van der Waals surface area contributed by atoms with Crippen LogP contribution in [0.5, 0.6) is 0 Å². The van der Waals surface area contributed by atoms with Crippen LogP contribution in [0.25, 0.3) is 0 Å². The largest absolute Gasteiger partial charge is 0.463 e. The molecule has 2 N–H and O–H groups in total. The second kappa shape index (κ2) is 3.75. The van der Waals surface area contributed by atoms with E-state index in [4.69, 9.17) is 14.6 Å². The molecule has 0 fully saturated rings. The number of aliphatic hydroxyl groups excluding tert-OH is 2. The van der Waals surface area contributed by atoms with E-state index in [1.807, 2.05) is 6.07 Å². The van der Waals surface area contributed by atoms with Crippen LogP contribution in [-0.4, -0.2) is 16.8 Å². The lowest BCUT2D eigenvalue weighted by molar-refractivity contribution is 0.193. The fraction of sp³-hybridized carbons (Fsp3) is 0.636. The molecule has 0 saturated carbocycles. The van der Waals surface area contributed by atoms with Gasteiger partial charge in [-0.25, -0.2) is 0 Å². The van der Waals surface area contributed by atoms with Crippen molar-refractivity contribution < 1.29 is 14.6 Å². The smallest absolute Gasteiger partial charge is 0.129 e. The first kappa shape index (κ1) is 9.74. The molecule has 0 aliphatic heterocycles. The van der Waals surface area contributed by atoms with Crippen molar-refractivity contribution in [3.8, 4) is 0 Å². The number of fused-ring (bicyclic) bond motifs is 1. The first-order chi connectivity index (χ1) is 6.74. The van der Waals surface area contributed by atoms with Gasteiger partial charge in [-0.15, -0.1) is 0 Å². The van der Waals surface area contributed by atoms with Crippen molar-refractivity contribution in [3.05, 3.63) is 23.2 Å². The van der Waals surface area contributed by atoms with E-state index >= 15 is 0 Å².